The number of aryl methyl sites for hydroxylation is 3. The third-order valence-corrected chi connectivity index (χ3v) is 6.37. The van der Waals surface area contributed by atoms with E-state index >= 15 is 0 Å². The fourth-order valence-corrected chi connectivity index (χ4v) is 4.95. The van der Waals surface area contributed by atoms with E-state index in [2.05, 4.69) is 32.8 Å². The van der Waals surface area contributed by atoms with E-state index in [1.807, 2.05) is 18.7 Å². The van der Waals surface area contributed by atoms with Crippen molar-refractivity contribution in [1.29, 1.82) is 0 Å². The van der Waals surface area contributed by atoms with E-state index in [1.165, 1.54) is 5.69 Å². The predicted octanol–water partition coefficient (Wildman–Crippen LogP) is 1.63. The largest absolute Gasteiger partial charge is 0.361 e. The maximum absolute atomic E-state index is 12.8. The SMILES string of the molecule is Cc1cc2n(n1)CCN(CC1C3CN(C(=O)c4c(C)noc4C)CC13)C2. The van der Waals surface area contributed by atoms with E-state index in [0.717, 1.165) is 50.9 Å². The maximum Gasteiger partial charge on any atom is 0.259 e. The number of aromatic nitrogens is 3. The van der Waals surface area contributed by atoms with E-state index in [0.29, 0.717) is 28.9 Å². The Hall–Kier alpha value is -2.15. The van der Waals surface area contributed by atoms with Crippen molar-refractivity contribution in [3.8, 4) is 0 Å². The monoisotopic (exact) mass is 355 g/mol. The summed E-state index contributed by atoms with van der Waals surface area (Å²) in [5.41, 5.74) is 3.79. The molecule has 7 heteroatoms. The zero-order valence-electron chi connectivity index (χ0n) is 15.6. The summed E-state index contributed by atoms with van der Waals surface area (Å²) in [6.45, 7) is 11.7. The van der Waals surface area contributed by atoms with Gasteiger partial charge in [0.25, 0.3) is 5.91 Å². The number of carbonyl (C=O) groups is 1. The van der Waals surface area contributed by atoms with Crippen LogP contribution in [0.3, 0.4) is 0 Å². The van der Waals surface area contributed by atoms with E-state index < -0.39 is 0 Å². The van der Waals surface area contributed by atoms with Crippen molar-refractivity contribution < 1.29 is 9.32 Å². The van der Waals surface area contributed by atoms with Gasteiger partial charge in [0.05, 0.1) is 23.6 Å². The lowest BCUT2D eigenvalue weighted by Crippen LogP contribution is -2.38. The van der Waals surface area contributed by atoms with Crippen LogP contribution in [0.5, 0.6) is 0 Å². The molecule has 138 valence electrons. The zero-order valence-corrected chi connectivity index (χ0v) is 15.6. The normalized spacial score (nSPS) is 27.5. The van der Waals surface area contributed by atoms with Crippen LogP contribution in [0, 0.1) is 38.5 Å². The molecular weight excluding hydrogens is 330 g/mol. The first-order valence-electron chi connectivity index (χ1n) is 9.49. The molecule has 2 unspecified atom stereocenters. The number of rotatable bonds is 3. The second-order valence-electron chi connectivity index (χ2n) is 8.14. The Labute approximate surface area is 152 Å². The number of hydrogen-bond donors (Lipinski definition) is 0. The molecule has 7 nitrogen and oxygen atoms in total. The minimum absolute atomic E-state index is 0.0875. The molecule has 2 atom stereocenters. The number of amides is 1. The van der Waals surface area contributed by atoms with Crippen LogP contribution in [-0.4, -0.2) is 56.8 Å². The Bertz CT molecular complexity index is 838. The molecule has 1 aliphatic carbocycles. The summed E-state index contributed by atoms with van der Waals surface area (Å²) in [5.74, 6) is 2.77. The highest BCUT2D eigenvalue weighted by Crippen LogP contribution is 2.52. The molecule has 1 saturated heterocycles. The highest BCUT2D eigenvalue weighted by atomic mass is 16.5. The molecule has 26 heavy (non-hydrogen) atoms. The van der Waals surface area contributed by atoms with Gasteiger partial charge in [0.15, 0.2) is 0 Å². The summed E-state index contributed by atoms with van der Waals surface area (Å²) in [7, 11) is 0. The predicted molar refractivity (Wildman–Crippen MR) is 94.6 cm³/mol. The lowest BCUT2D eigenvalue weighted by molar-refractivity contribution is 0.0759. The van der Waals surface area contributed by atoms with Crippen LogP contribution >= 0.6 is 0 Å². The molecule has 1 saturated carbocycles. The molecule has 0 bridgehead atoms. The van der Waals surface area contributed by atoms with Gasteiger partial charge in [-0.05, 0) is 44.6 Å². The standard InChI is InChI=1S/C19H25N5O2/c1-11-6-14-7-22(4-5-24(14)20-11)8-15-16-9-23(10-17(15)16)19(25)18-12(2)21-26-13(18)3/h6,15-17H,4-5,7-10H2,1-3H3. The Morgan fingerprint density at radius 2 is 2.00 bits per heavy atom. The Balaban J connectivity index is 1.18. The molecule has 2 aromatic rings. The van der Waals surface area contributed by atoms with Gasteiger partial charge >= 0.3 is 0 Å². The second-order valence-corrected chi connectivity index (χ2v) is 8.14. The molecule has 4 heterocycles. The number of fused-ring (bicyclic) bond motifs is 2. The van der Waals surface area contributed by atoms with Crippen molar-refractivity contribution in [2.75, 3.05) is 26.2 Å². The molecule has 3 aliphatic rings. The molecule has 5 rings (SSSR count). The van der Waals surface area contributed by atoms with Crippen LogP contribution in [0.25, 0.3) is 0 Å². The summed E-state index contributed by atoms with van der Waals surface area (Å²) in [5, 5.41) is 8.45. The van der Waals surface area contributed by atoms with E-state index in [9.17, 15) is 4.79 Å². The van der Waals surface area contributed by atoms with Crippen molar-refractivity contribution in [3.63, 3.8) is 0 Å². The van der Waals surface area contributed by atoms with Crippen molar-refractivity contribution in [2.45, 2.75) is 33.9 Å². The minimum atomic E-state index is 0.0875. The fraction of sp³-hybridized carbons (Fsp3) is 0.632. The van der Waals surface area contributed by atoms with Crippen LogP contribution in [0.2, 0.25) is 0 Å². The average Bonchev–Trinajstić information content (AvgIpc) is 3.00. The fourth-order valence-electron chi connectivity index (χ4n) is 4.95. The lowest BCUT2D eigenvalue weighted by Gasteiger charge is -2.29. The maximum atomic E-state index is 12.8. The van der Waals surface area contributed by atoms with Crippen molar-refractivity contribution in [2.24, 2.45) is 17.8 Å². The van der Waals surface area contributed by atoms with Gasteiger partial charge in [0.2, 0.25) is 0 Å². The van der Waals surface area contributed by atoms with E-state index in [1.54, 1.807) is 0 Å². The van der Waals surface area contributed by atoms with Crippen LogP contribution in [0.1, 0.15) is 33.2 Å². The topological polar surface area (TPSA) is 67.4 Å². The Kier molecular flexibility index (Phi) is 3.50. The van der Waals surface area contributed by atoms with Gasteiger partial charge in [-0.25, -0.2) is 0 Å². The van der Waals surface area contributed by atoms with Gasteiger partial charge < -0.3 is 9.42 Å². The van der Waals surface area contributed by atoms with E-state index in [-0.39, 0.29) is 5.91 Å². The molecule has 0 radical (unpaired) electrons. The highest BCUT2D eigenvalue weighted by Gasteiger charge is 2.57. The van der Waals surface area contributed by atoms with Crippen molar-refractivity contribution in [3.05, 3.63) is 34.5 Å². The quantitative estimate of drug-likeness (QED) is 0.837. The van der Waals surface area contributed by atoms with Gasteiger partial charge in [-0.1, -0.05) is 5.16 Å². The number of carbonyl (C=O) groups excluding carboxylic acids is 1. The number of piperidine rings is 1. The first-order chi connectivity index (χ1) is 12.5. The van der Waals surface area contributed by atoms with Crippen molar-refractivity contribution in [1.82, 2.24) is 24.7 Å². The minimum Gasteiger partial charge on any atom is -0.361 e. The molecule has 2 aliphatic heterocycles. The van der Waals surface area contributed by atoms with Crippen LogP contribution in [0.15, 0.2) is 10.6 Å². The Morgan fingerprint density at radius 3 is 2.69 bits per heavy atom. The molecule has 1 amide bonds. The van der Waals surface area contributed by atoms with Crippen LogP contribution in [0.4, 0.5) is 0 Å². The van der Waals surface area contributed by atoms with Gasteiger partial charge in [0, 0.05) is 32.7 Å². The van der Waals surface area contributed by atoms with Gasteiger partial charge in [0.1, 0.15) is 11.3 Å². The summed E-state index contributed by atoms with van der Waals surface area (Å²) >= 11 is 0. The second kappa shape index (κ2) is 5.67. The third-order valence-electron chi connectivity index (χ3n) is 6.37. The van der Waals surface area contributed by atoms with Gasteiger partial charge in [-0.15, -0.1) is 0 Å². The molecule has 2 fully saturated rings. The molecule has 0 N–H and O–H groups in total. The lowest BCUT2D eigenvalue weighted by atomic mass is 10.1. The first kappa shape index (κ1) is 16.1. The van der Waals surface area contributed by atoms with Crippen LogP contribution < -0.4 is 0 Å². The summed E-state index contributed by atoms with van der Waals surface area (Å²) < 4.78 is 7.30. The first-order valence-corrected chi connectivity index (χ1v) is 9.49. The number of hydrogen-bond acceptors (Lipinski definition) is 5. The smallest absolute Gasteiger partial charge is 0.259 e. The number of nitrogens with zero attached hydrogens (tertiary/aromatic N) is 5. The highest BCUT2D eigenvalue weighted by molar-refractivity contribution is 5.96. The average molecular weight is 355 g/mol. The van der Waals surface area contributed by atoms with Gasteiger partial charge in [-0.2, -0.15) is 5.10 Å². The van der Waals surface area contributed by atoms with E-state index in [4.69, 9.17) is 4.52 Å². The van der Waals surface area contributed by atoms with Crippen LogP contribution in [-0.2, 0) is 13.1 Å². The van der Waals surface area contributed by atoms with Gasteiger partial charge in [-0.3, -0.25) is 14.4 Å². The zero-order chi connectivity index (χ0) is 18.0. The molecule has 0 aromatic carbocycles. The molecule has 2 aromatic heterocycles. The summed E-state index contributed by atoms with van der Waals surface area (Å²) in [6, 6.07) is 2.20. The number of likely N-dealkylation sites (tertiary alicyclic amines) is 1. The molecule has 0 spiro atoms. The summed E-state index contributed by atoms with van der Waals surface area (Å²) in [6.07, 6.45) is 0. The Morgan fingerprint density at radius 1 is 1.23 bits per heavy atom. The summed E-state index contributed by atoms with van der Waals surface area (Å²) in [4.78, 5) is 17.3. The van der Waals surface area contributed by atoms with Crippen molar-refractivity contribution >= 4 is 5.91 Å². The third kappa shape index (κ3) is 2.48. The molecular formula is C19H25N5O2.